The van der Waals surface area contributed by atoms with Gasteiger partial charge in [0, 0.05) is 26.3 Å². The van der Waals surface area contributed by atoms with Crippen molar-refractivity contribution in [1.29, 1.82) is 0 Å². The number of nitrogens with two attached hydrogens (primary N) is 1. The average Bonchev–Trinajstić information content (AvgIpc) is 2.66. The lowest BCUT2D eigenvalue weighted by molar-refractivity contribution is 0.0603. The molecule has 0 spiro atoms. The Hall–Kier alpha value is -1.52. The number of aromatic nitrogens is 2. The van der Waals surface area contributed by atoms with Crippen LogP contribution in [-0.2, 0) is 7.05 Å². The van der Waals surface area contributed by atoms with E-state index < -0.39 is 0 Å². The fourth-order valence-electron chi connectivity index (χ4n) is 2.77. The third-order valence-corrected chi connectivity index (χ3v) is 4.07. The van der Waals surface area contributed by atoms with Crippen molar-refractivity contribution in [1.82, 2.24) is 14.7 Å². The first-order valence-corrected chi connectivity index (χ1v) is 6.87. The van der Waals surface area contributed by atoms with Crippen molar-refractivity contribution in [2.75, 3.05) is 18.8 Å². The van der Waals surface area contributed by atoms with Crippen molar-refractivity contribution in [2.24, 2.45) is 18.4 Å². The highest BCUT2D eigenvalue weighted by Gasteiger charge is 2.31. The van der Waals surface area contributed by atoms with Crippen LogP contribution in [0.25, 0.3) is 0 Å². The fraction of sp³-hybridized carbons (Fsp3) is 0.714. The summed E-state index contributed by atoms with van der Waals surface area (Å²) < 4.78 is 1.59. The van der Waals surface area contributed by atoms with Crippen LogP contribution in [0, 0.1) is 11.3 Å². The standard InChI is InChI=1S/C14H24N4O/c1-14(2,3)10-5-7-18(8-6-10)13(19)12-11(15)9-17(4)16-12/h9-10H,5-8,15H2,1-4H3. The highest BCUT2D eigenvalue weighted by atomic mass is 16.2. The Kier molecular flexibility index (Phi) is 3.56. The first kappa shape index (κ1) is 13.9. The quantitative estimate of drug-likeness (QED) is 0.842. The summed E-state index contributed by atoms with van der Waals surface area (Å²) in [6.07, 6.45) is 3.79. The number of nitrogens with zero attached hydrogens (tertiary/aromatic N) is 3. The van der Waals surface area contributed by atoms with Gasteiger partial charge in [0.2, 0.25) is 0 Å². The first-order chi connectivity index (χ1) is 8.79. The van der Waals surface area contributed by atoms with Gasteiger partial charge in [-0.25, -0.2) is 0 Å². The number of piperidine rings is 1. The zero-order chi connectivity index (χ0) is 14.2. The maximum absolute atomic E-state index is 12.4. The number of hydrogen-bond acceptors (Lipinski definition) is 3. The molecule has 2 heterocycles. The molecule has 1 saturated heterocycles. The number of amides is 1. The summed E-state index contributed by atoms with van der Waals surface area (Å²) in [5, 5.41) is 4.15. The minimum atomic E-state index is -0.0366. The Morgan fingerprint density at radius 2 is 1.95 bits per heavy atom. The molecular weight excluding hydrogens is 240 g/mol. The molecule has 0 radical (unpaired) electrons. The van der Waals surface area contributed by atoms with Crippen LogP contribution in [0.1, 0.15) is 44.1 Å². The number of likely N-dealkylation sites (tertiary alicyclic amines) is 1. The molecule has 1 aliphatic rings. The normalized spacial score (nSPS) is 17.8. The molecule has 1 amide bonds. The van der Waals surface area contributed by atoms with E-state index in [1.807, 2.05) is 4.90 Å². The summed E-state index contributed by atoms with van der Waals surface area (Å²) in [5.74, 6) is 0.642. The molecule has 5 heteroatoms. The van der Waals surface area contributed by atoms with Crippen LogP contribution in [-0.4, -0.2) is 33.7 Å². The largest absolute Gasteiger partial charge is 0.396 e. The predicted molar refractivity (Wildman–Crippen MR) is 75.7 cm³/mol. The lowest BCUT2D eigenvalue weighted by Gasteiger charge is -2.38. The van der Waals surface area contributed by atoms with Crippen molar-refractivity contribution in [2.45, 2.75) is 33.6 Å². The summed E-state index contributed by atoms with van der Waals surface area (Å²) in [4.78, 5) is 14.2. The van der Waals surface area contributed by atoms with Crippen LogP contribution in [0.15, 0.2) is 6.20 Å². The van der Waals surface area contributed by atoms with E-state index in [1.54, 1.807) is 17.9 Å². The second kappa shape index (κ2) is 4.87. The monoisotopic (exact) mass is 264 g/mol. The van der Waals surface area contributed by atoms with Crippen molar-refractivity contribution in [3.63, 3.8) is 0 Å². The highest BCUT2D eigenvalue weighted by Crippen LogP contribution is 2.34. The minimum Gasteiger partial charge on any atom is -0.396 e. The molecule has 1 aliphatic heterocycles. The van der Waals surface area contributed by atoms with Crippen LogP contribution in [0.2, 0.25) is 0 Å². The molecule has 0 bridgehead atoms. The topological polar surface area (TPSA) is 64.2 Å². The first-order valence-electron chi connectivity index (χ1n) is 6.87. The van der Waals surface area contributed by atoms with Gasteiger partial charge in [0.1, 0.15) is 0 Å². The predicted octanol–water partition coefficient (Wildman–Crippen LogP) is 1.90. The van der Waals surface area contributed by atoms with Crippen LogP contribution < -0.4 is 5.73 Å². The maximum atomic E-state index is 12.4. The Balaban J connectivity index is 2.02. The van der Waals surface area contributed by atoms with Gasteiger partial charge in [0.05, 0.1) is 5.69 Å². The Labute approximate surface area is 114 Å². The lowest BCUT2D eigenvalue weighted by Crippen LogP contribution is -2.41. The molecule has 1 fully saturated rings. The van der Waals surface area contributed by atoms with E-state index in [0.29, 0.717) is 22.7 Å². The maximum Gasteiger partial charge on any atom is 0.276 e. The minimum absolute atomic E-state index is 0.0366. The molecule has 1 aromatic rings. The van der Waals surface area contributed by atoms with Gasteiger partial charge in [-0.15, -0.1) is 0 Å². The van der Waals surface area contributed by atoms with Crippen LogP contribution >= 0.6 is 0 Å². The third kappa shape index (κ3) is 2.91. The molecule has 1 aromatic heterocycles. The molecule has 2 N–H and O–H groups in total. The molecule has 2 rings (SSSR count). The summed E-state index contributed by atoms with van der Waals surface area (Å²) >= 11 is 0. The van der Waals surface area contributed by atoms with Gasteiger partial charge in [-0.3, -0.25) is 9.48 Å². The Morgan fingerprint density at radius 3 is 2.37 bits per heavy atom. The van der Waals surface area contributed by atoms with E-state index >= 15 is 0 Å². The highest BCUT2D eigenvalue weighted by molar-refractivity contribution is 5.97. The second-order valence-electron chi connectivity index (χ2n) is 6.54. The number of aryl methyl sites for hydroxylation is 1. The number of hydrogen-bond donors (Lipinski definition) is 1. The van der Waals surface area contributed by atoms with Crippen molar-refractivity contribution in [3.8, 4) is 0 Å². The van der Waals surface area contributed by atoms with Gasteiger partial charge in [-0.1, -0.05) is 20.8 Å². The molecule has 19 heavy (non-hydrogen) atoms. The number of rotatable bonds is 1. The van der Waals surface area contributed by atoms with E-state index in [4.69, 9.17) is 5.73 Å². The molecular formula is C14H24N4O. The van der Waals surface area contributed by atoms with E-state index in [1.165, 1.54) is 0 Å². The molecule has 5 nitrogen and oxygen atoms in total. The van der Waals surface area contributed by atoms with Crippen LogP contribution in [0.4, 0.5) is 5.69 Å². The number of carbonyl (C=O) groups excluding carboxylic acids is 1. The molecule has 0 saturated carbocycles. The number of nitrogen functional groups attached to an aromatic ring is 1. The summed E-state index contributed by atoms with van der Waals surface area (Å²) in [5.41, 5.74) is 6.98. The zero-order valence-electron chi connectivity index (χ0n) is 12.3. The SMILES string of the molecule is Cn1cc(N)c(C(=O)N2CCC(C(C)(C)C)CC2)n1. The van der Waals surface area contributed by atoms with Crippen molar-refractivity contribution >= 4 is 11.6 Å². The summed E-state index contributed by atoms with van der Waals surface area (Å²) in [7, 11) is 1.78. The average molecular weight is 264 g/mol. The molecule has 0 atom stereocenters. The van der Waals surface area contributed by atoms with Gasteiger partial charge in [0.15, 0.2) is 5.69 Å². The van der Waals surface area contributed by atoms with Gasteiger partial charge in [0.25, 0.3) is 5.91 Å². The zero-order valence-corrected chi connectivity index (χ0v) is 12.3. The smallest absolute Gasteiger partial charge is 0.276 e. The van der Waals surface area contributed by atoms with E-state index in [-0.39, 0.29) is 5.91 Å². The fourth-order valence-corrected chi connectivity index (χ4v) is 2.77. The lowest BCUT2D eigenvalue weighted by atomic mass is 9.75. The molecule has 0 unspecified atom stereocenters. The number of carbonyl (C=O) groups is 1. The Morgan fingerprint density at radius 1 is 1.37 bits per heavy atom. The van der Waals surface area contributed by atoms with Crippen molar-refractivity contribution in [3.05, 3.63) is 11.9 Å². The summed E-state index contributed by atoms with van der Waals surface area (Å²) in [6, 6.07) is 0. The van der Waals surface area contributed by atoms with E-state index in [9.17, 15) is 4.79 Å². The van der Waals surface area contributed by atoms with Crippen LogP contribution in [0.3, 0.4) is 0 Å². The van der Waals surface area contributed by atoms with Gasteiger partial charge >= 0.3 is 0 Å². The van der Waals surface area contributed by atoms with Gasteiger partial charge < -0.3 is 10.6 Å². The second-order valence-corrected chi connectivity index (χ2v) is 6.54. The molecule has 0 aliphatic carbocycles. The number of anilines is 1. The molecule has 106 valence electrons. The molecule has 0 aromatic carbocycles. The van der Waals surface area contributed by atoms with Gasteiger partial charge in [-0.2, -0.15) is 5.10 Å². The van der Waals surface area contributed by atoms with E-state index in [2.05, 4.69) is 25.9 Å². The Bertz CT molecular complexity index is 464. The van der Waals surface area contributed by atoms with Crippen LogP contribution in [0.5, 0.6) is 0 Å². The summed E-state index contributed by atoms with van der Waals surface area (Å²) in [6.45, 7) is 8.41. The van der Waals surface area contributed by atoms with Gasteiger partial charge in [-0.05, 0) is 24.2 Å². The van der Waals surface area contributed by atoms with E-state index in [0.717, 1.165) is 25.9 Å². The van der Waals surface area contributed by atoms with Crippen molar-refractivity contribution < 1.29 is 4.79 Å². The third-order valence-electron chi connectivity index (χ3n) is 4.07.